The van der Waals surface area contributed by atoms with Gasteiger partial charge in [-0.25, -0.2) is 14.3 Å². The van der Waals surface area contributed by atoms with Gasteiger partial charge in [-0.1, -0.05) is 4.41 Å². The van der Waals surface area contributed by atoms with E-state index in [-0.39, 0.29) is 36.4 Å². The maximum atomic E-state index is 12.5. The highest BCUT2D eigenvalue weighted by atomic mass is 32.2. The lowest BCUT2D eigenvalue weighted by atomic mass is 10.3. The van der Waals surface area contributed by atoms with Crippen LogP contribution in [0.4, 0.5) is 10.7 Å². The van der Waals surface area contributed by atoms with E-state index in [0.717, 1.165) is 9.42 Å². The molecule has 0 saturated carbocycles. The van der Waals surface area contributed by atoms with E-state index in [4.69, 9.17) is 14.2 Å². The zero-order chi connectivity index (χ0) is 20.9. The van der Waals surface area contributed by atoms with Gasteiger partial charge in [-0.15, -0.1) is 0 Å². The maximum absolute atomic E-state index is 12.5. The van der Waals surface area contributed by atoms with Crippen LogP contribution < -0.4 is 19.5 Å². The Morgan fingerprint density at radius 3 is 2.36 bits per heavy atom. The van der Waals surface area contributed by atoms with E-state index < -0.39 is 22.2 Å². The number of nitrogens with zero attached hydrogens (tertiary/aromatic N) is 4. The number of hydrogen-bond donors (Lipinski definition) is 2. The van der Waals surface area contributed by atoms with Gasteiger partial charge < -0.3 is 19.2 Å². The predicted molar refractivity (Wildman–Crippen MR) is 95.4 cm³/mol. The Kier molecular flexibility index (Phi) is 6.58. The summed E-state index contributed by atoms with van der Waals surface area (Å²) < 4.78 is 42.2. The standard InChI is InChI=1S/C14H20N6O7S/c1-5-27-12(21)9-7-19(2)20(8-9)28(23,24)18-14(22)17-13-15-10(25-3)6-11(16-13)26-4/h6-7H,5,8H2,1-4H3,(H2,15,16,17,18,22). The summed E-state index contributed by atoms with van der Waals surface area (Å²) in [5.41, 5.74) is 0.121. The van der Waals surface area contributed by atoms with Gasteiger partial charge in [0.25, 0.3) is 0 Å². The van der Waals surface area contributed by atoms with Crippen LogP contribution in [0.3, 0.4) is 0 Å². The van der Waals surface area contributed by atoms with E-state index in [0.29, 0.717) is 0 Å². The molecule has 0 fully saturated rings. The normalized spacial score (nSPS) is 14.3. The van der Waals surface area contributed by atoms with E-state index in [1.807, 2.05) is 0 Å². The molecule has 1 aromatic heterocycles. The van der Waals surface area contributed by atoms with E-state index in [2.05, 4.69) is 15.3 Å². The van der Waals surface area contributed by atoms with Crippen LogP contribution in [0.5, 0.6) is 11.8 Å². The molecule has 2 amide bonds. The van der Waals surface area contributed by atoms with E-state index in [9.17, 15) is 18.0 Å². The minimum Gasteiger partial charge on any atom is -0.481 e. The molecule has 0 atom stereocenters. The third kappa shape index (κ3) is 4.98. The summed E-state index contributed by atoms with van der Waals surface area (Å²) in [4.78, 5) is 31.6. The van der Waals surface area contributed by atoms with Gasteiger partial charge in [0.2, 0.25) is 17.7 Å². The molecule has 1 aromatic rings. The maximum Gasteiger partial charge on any atom is 0.336 e. The number of hydrogen-bond acceptors (Lipinski definition) is 10. The first-order chi connectivity index (χ1) is 13.2. The summed E-state index contributed by atoms with van der Waals surface area (Å²) >= 11 is 0. The number of rotatable bonds is 7. The van der Waals surface area contributed by atoms with Crippen molar-refractivity contribution in [3.63, 3.8) is 0 Å². The van der Waals surface area contributed by atoms with Crippen molar-refractivity contribution >= 4 is 28.2 Å². The van der Waals surface area contributed by atoms with Gasteiger partial charge in [-0.05, 0) is 6.92 Å². The number of anilines is 1. The molecule has 0 unspecified atom stereocenters. The van der Waals surface area contributed by atoms with Gasteiger partial charge >= 0.3 is 22.2 Å². The van der Waals surface area contributed by atoms with Gasteiger partial charge in [-0.2, -0.15) is 18.4 Å². The minimum atomic E-state index is -4.32. The lowest BCUT2D eigenvalue weighted by Crippen LogP contribution is -2.48. The molecular formula is C14H20N6O7S. The zero-order valence-corrected chi connectivity index (χ0v) is 16.4. The molecule has 0 aromatic carbocycles. The highest BCUT2D eigenvalue weighted by molar-refractivity contribution is 7.87. The quantitative estimate of drug-likeness (QED) is 0.555. The fourth-order valence-corrected chi connectivity index (χ4v) is 3.24. The molecule has 0 bridgehead atoms. The van der Waals surface area contributed by atoms with Crippen molar-refractivity contribution in [3.05, 3.63) is 17.8 Å². The third-order valence-corrected chi connectivity index (χ3v) is 4.74. The summed E-state index contributed by atoms with van der Waals surface area (Å²) in [6.45, 7) is 1.49. The van der Waals surface area contributed by atoms with Crippen LogP contribution in [-0.4, -0.2) is 74.2 Å². The summed E-state index contributed by atoms with van der Waals surface area (Å²) in [6.07, 6.45) is 1.30. The van der Waals surface area contributed by atoms with Crippen molar-refractivity contribution in [2.75, 3.05) is 39.7 Å². The average molecular weight is 416 g/mol. The number of ether oxygens (including phenoxy) is 3. The first-order valence-corrected chi connectivity index (χ1v) is 9.33. The van der Waals surface area contributed by atoms with Gasteiger partial charge in [0.05, 0.1) is 39.0 Å². The first-order valence-electron chi connectivity index (χ1n) is 7.89. The summed E-state index contributed by atoms with van der Waals surface area (Å²) in [6, 6.07) is 0.259. The molecule has 2 heterocycles. The van der Waals surface area contributed by atoms with E-state index >= 15 is 0 Å². The molecule has 2 N–H and O–H groups in total. The van der Waals surface area contributed by atoms with Crippen LogP contribution in [0.2, 0.25) is 0 Å². The summed E-state index contributed by atoms with van der Waals surface area (Å²) in [5.74, 6) is -0.669. The fraction of sp³-hybridized carbons (Fsp3) is 0.429. The SMILES string of the molecule is CCOC(=O)C1=CN(C)N(S(=O)(=O)NC(=O)Nc2nc(OC)cc(OC)n2)C1. The number of nitrogens with one attached hydrogen (secondary N) is 2. The molecule has 28 heavy (non-hydrogen) atoms. The lowest BCUT2D eigenvalue weighted by molar-refractivity contribution is -0.138. The second-order valence-electron chi connectivity index (χ2n) is 5.27. The third-order valence-electron chi connectivity index (χ3n) is 3.36. The number of urea groups is 1. The predicted octanol–water partition coefficient (Wildman–Crippen LogP) is -0.530. The Balaban J connectivity index is 2.06. The Bertz CT molecular complexity index is 866. The van der Waals surface area contributed by atoms with Gasteiger partial charge in [-0.3, -0.25) is 5.32 Å². The van der Waals surface area contributed by atoms with Crippen LogP contribution in [0, 0.1) is 0 Å². The largest absolute Gasteiger partial charge is 0.481 e. The number of methoxy groups -OCH3 is 2. The number of amides is 2. The molecule has 14 heteroatoms. The van der Waals surface area contributed by atoms with Gasteiger partial charge in [0.15, 0.2) is 0 Å². The summed E-state index contributed by atoms with van der Waals surface area (Å²) in [5, 5.41) is 3.32. The van der Waals surface area contributed by atoms with Crippen molar-refractivity contribution in [1.29, 1.82) is 0 Å². The second-order valence-corrected chi connectivity index (χ2v) is 6.84. The Hall–Kier alpha value is -3.13. The van der Waals surface area contributed by atoms with Gasteiger partial charge in [0, 0.05) is 13.2 Å². The first kappa shape index (κ1) is 21.2. The van der Waals surface area contributed by atoms with Crippen LogP contribution >= 0.6 is 0 Å². The highest BCUT2D eigenvalue weighted by Gasteiger charge is 2.34. The molecule has 0 saturated heterocycles. The monoisotopic (exact) mass is 416 g/mol. The van der Waals surface area contributed by atoms with Crippen LogP contribution in [-0.2, 0) is 19.7 Å². The zero-order valence-electron chi connectivity index (χ0n) is 15.6. The fourth-order valence-electron chi connectivity index (χ4n) is 2.15. The number of hydrazine groups is 1. The van der Waals surface area contributed by atoms with Crippen molar-refractivity contribution in [1.82, 2.24) is 24.1 Å². The number of esters is 1. The van der Waals surface area contributed by atoms with Crippen molar-refractivity contribution in [3.8, 4) is 11.8 Å². The van der Waals surface area contributed by atoms with E-state index in [1.54, 1.807) is 11.6 Å². The minimum absolute atomic E-state index is 0.104. The molecule has 154 valence electrons. The molecule has 2 rings (SSSR count). The van der Waals surface area contributed by atoms with Crippen LogP contribution in [0.15, 0.2) is 17.8 Å². The molecule has 0 radical (unpaired) electrons. The molecule has 13 nitrogen and oxygen atoms in total. The molecular weight excluding hydrogens is 396 g/mol. The topological polar surface area (TPSA) is 152 Å². The number of carbonyl (C=O) groups excluding carboxylic acids is 2. The molecule has 1 aliphatic rings. The number of carbonyl (C=O) groups is 2. The highest BCUT2D eigenvalue weighted by Crippen LogP contribution is 2.19. The smallest absolute Gasteiger partial charge is 0.336 e. The Morgan fingerprint density at radius 2 is 1.82 bits per heavy atom. The van der Waals surface area contributed by atoms with Gasteiger partial charge in [0.1, 0.15) is 0 Å². The van der Waals surface area contributed by atoms with Crippen molar-refractivity contribution in [2.45, 2.75) is 6.92 Å². The Labute approximate surface area is 161 Å². The molecule has 0 aliphatic carbocycles. The Morgan fingerprint density at radius 1 is 1.21 bits per heavy atom. The molecule has 0 spiro atoms. The van der Waals surface area contributed by atoms with E-state index in [1.165, 1.54) is 33.5 Å². The molecule has 1 aliphatic heterocycles. The second kappa shape index (κ2) is 8.71. The average Bonchev–Trinajstić information content (AvgIpc) is 3.03. The van der Waals surface area contributed by atoms with Crippen molar-refractivity contribution < 1.29 is 32.2 Å². The number of aromatic nitrogens is 2. The lowest BCUT2D eigenvalue weighted by Gasteiger charge is -2.24. The van der Waals surface area contributed by atoms with Crippen LogP contribution in [0.25, 0.3) is 0 Å². The van der Waals surface area contributed by atoms with Crippen molar-refractivity contribution in [2.24, 2.45) is 0 Å². The van der Waals surface area contributed by atoms with Crippen LogP contribution in [0.1, 0.15) is 6.92 Å². The summed E-state index contributed by atoms with van der Waals surface area (Å²) in [7, 11) is -0.211.